The molecule has 88 valence electrons. The van der Waals surface area contributed by atoms with E-state index in [-0.39, 0.29) is 11.3 Å². The van der Waals surface area contributed by atoms with Crippen LogP contribution in [0.25, 0.3) is 0 Å². The Labute approximate surface area is 98.7 Å². The Kier molecular flexibility index (Phi) is 2.24. The Balaban J connectivity index is 2.16. The number of nitrogens with zero attached hydrogens (tertiary/aromatic N) is 1. The Morgan fingerprint density at radius 3 is 2.76 bits per heavy atom. The number of carboxylic acids is 1. The van der Waals surface area contributed by atoms with Gasteiger partial charge < -0.3 is 5.11 Å². The highest BCUT2D eigenvalue weighted by molar-refractivity contribution is 6.00. The maximum absolute atomic E-state index is 11.7. The lowest BCUT2D eigenvalue weighted by Crippen LogP contribution is -2.17. The topological polar surface area (TPSA) is 67.3 Å². The number of fused-ring (bicyclic) bond motifs is 1. The Hall–Kier alpha value is -1.71. The van der Waals surface area contributed by atoms with Gasteiger partial charge in [-0.3, -0.25) is 9.78 Å². The highest BCUT2D eigenvalue weighted by Gasteiger charge is 2.32. The van der Waals surface area contributed by atoms with E-state index in [1.54, 1.807) is 6.07 Å². The number of carbonyl (C=O) groups is 2. The van der Waals surface area contributed by atoms with Crippen LogP contribution < -0.4 is 0 Å². The minimum atomic E-state index is -0.972. The molecule has 0 bridgehead atoms. The largest absolute Gasteiger partial charge is 0.478 e. The van der Waals surface area contributed by atoms with Crippen molar-refractivity contribution in [2.75, 3.05) is 0 Å². The van der Waals surface area contributed by atoms with Crippen LogP contribution in [-0.4, -0.2) is 21.8 Å². The summed E-state index contributed by atoms with van der Waals surface area (Å²) >= 11 is 0. The van der Waals surface area contributed by atoms with Gasteiger partial charge in [0.1, 0.15) is 0 Å². The van der Waals surface area contributed by atoms with E-state index in [1.807, 2.05) is 0 Å². The number of pyridine rings is 1. The summed E-state index contributed by atoms with van der Waals surface area (Å²) in [5.41, 5.74) is 2.23. The highest BCUT2D eigenvalue weighted by Crippen LogP contribution is 2.41. The molecule has 0 saturated heterocycles. The molecular weight excluding hydrogens is 218 g/mol. The average Bonchev–Trinajstić information content (AvgIpc) is 3.11. The zero-order chi connectivity index (χ0) is 12.0. The summed E-state index contributed by atoms with van der Waals surface area (Å²) in [6.07, 6.45) is 4.16. The van der Waals surface area contributed by atoms with Crippen LogP contribution in [0.2, 0.25) is 0 Å². The van der Waals surface area contributed by atoms with Crippen molar-refractivity contribution < 1.29 is 14.7 Å². The molecule has 0 amide bonds. The maximum atomic E-state index is 11.7. The van der Waals surface area contributed by atoms with E-state index in [4.69, 9.17) is 0 Å². The lowest BCUT2D eigenvalue weighted by molar-refractivity contribution is 0.0695. The van der Waals surface area contributed by atoms with Crippen LogP contribution in [0.4, 0.5) is 0 Å². The summed E-state index contributed by atoms with van der Waals surface area (Å²) in [4.78, 5) is 27.4. The first-order valence-corrected chi connectivity index (χ1v) is 5.97. The van der Waals surface area contributed by atoms with E-state index in [2.05, 4.69) is 4.98 Å². The van der Waals surface area contributed by atoms with Gasteiger partial charge in [-0.15, -0.1) is 0 Å². The van der Waals surface area contributed by atoms with E-state index in [9.17, 15) is 14.7 Å². The van der Waals surface area contributed by atoms with Crippen LogP contribution in [0.1, 0.15) is 63.7 Å². The van der Waals surface area contributed by atoms with Crippen molar-refractivity contribution in [1.82, 2.24) is 4.98 Å². The van der Waals surface area contributed by atoms with Crippen molar-refractivity contribution in [2.45, 2.75) is 38.0 Å². The molecule has 0 spiro atoms. The summed E-state index contributed by atoms with van der Waals surface area (Å²) in [6.45, 7) is 0. The predicted octanol–water partition coefficient (Wildman–Crippen LogP) is 2.18. The van der Waals surface area contributed by atoms with Gasteiger partial charge >= 0.3 is 5.97 Å². The van der Waals surface area contributed by atoms with Gasteiger partial charge in [0, 0.05) is 17.9 Å². The van der Waals surface area contributed by atoms with E-state index in [1.165, 1.54) is 0 Å². The molecule has 1 fully saturated rings. The smallest absolute Gasteiger partial charge is 0.337 e. The molecule has 4 nitrogen and oxygen atoms in total. The molecule has 0 aromatic carbocycles. The van der Waals surface area contributed by atoms with Crippen LogP contribution in [0, 0.1) is 0 Å². The van der Waals surface area contributed by atoms with Crippen molar-refractivity contribution in [2.24, 2.45) is 0 Å². The summed E-state index contributed by atoms with van der Waals surface area (Å²) in [6, 6.07) is 1.54. The number of rotatable bonds is 2. The zero-order valence-corrected chi connectivity index (χ0v) is 9.40. The lowest BCUT2D eigenvalue weighted by atomic mass is 9.92. The fourth-order valence-electron chi connectivity index (χ4n) is 2.39. The van der Waals surface area contributed by atoms with Crippen LogP contribution in [-0.2, 0) is 6.42 Å². The van der Waals surface area contributed by atoms with Crippen LogP contribution in [0.15, 0.2) is 6.07 Å². The quantitative estimate of drug-likeness (QED) is 0.847. The van der Waals surface area contributed by atoms with Crippen molar-refractivity contribution in [3.05, 3.63) is 28.6 Å². The first-order valence-electron chi connectivity index (χ1n) is 5.97. The first-order chi connectivity index (χ1) is 8.16. The number of aromatic carboxylic acids is 1. The molecule has 0 aliphatic heterocycles. The molecular formula is C13H13NO3. The summed E-state index contributed by atoms with van der Waals surface area (Å²) in [7, 11) is 0. The number of hydrogen-bond donors (Lipinski definition) is 1. The number of aromatic nitrogens is 1. The van der Waals surface area contributed by atoms with E-state index >= 15 is 0 Å². The summed E-state index contributed by atoms with van der Waals surface area (Å²) in [5, 5.41) is 9.18. The third-order valence-corrected chi connectivity index (χ3v) is 3.44. The lowest BCUT2D eigenvalue weighted by Gasteiger charge is -2.16. The molecule has 1 aromatic rings. The standard InChI is InChI=1S/C13H13NO3/c15-11-3-1-2-10-8(11)6-9(13(16)17)12(14-10)7-4-5-7/h6-7H,1-5H2,(H,16,17). The molecule has 1 saturated carbocycles. The molecule has 0 atom stereocenters. The SMILES string of the molecule is O=C1CCCc2nc(C3CC3)c(C(=O)O)cc21. The van der Waals surface area contributed by atoms with Gasteiger partial charge in [-0.2, -0.15) is 0 Å². The average molecular weight is 231 g/mol. The van der Waals surface area contributed by atoms with Gasteiger partial charge in [-0.25, -0.2) is 4.79 Å². The van der Waals surface area contributed by atoms with Gasteiger partial charge in [0.05, 0.1) is 17.0 Å². The van der Waals surface area contributed by atoms with Crippen molar-refractivity contribution in [3.8, 4) is 0 Å². The van der Waals surface area contributed by atoms with Gasteiger partial charge in [0.15, 0.2) is 5.78 Å². The number of carboxylic acid groups (broad SMARTS) is 1. The van der Waals surface area contributed by atoms with E-state index in [0.29, 0.717) is 23.6 Å². The van der Waals surface area contributed by atoms with Gasteiger partial charge in [0.2, 0.25) is 0 Å². The van der Waals surface area contributed by atoms with Gasteiger partial charge in [-0.1, -0.05) is 0 Å². The van der Waals surface area contributed by atoms with Crippen LogP contribution in [0.3, 0.4) is 0 Å². The molecule has 17 heavy (non-hydrogen) atoms. The van der Waals surface area contributed by atoms with Gasteiger partial charge in [0.25, 0.3) is 0 Å². The van der Waals surface area contributed by atoms with E-state index in [0.717, 1.165) is 31.4 Å². The van der Waals surface area contributed by atoms with Gasteiger partial charge in [-0.05, 0) is 31.7 Å². The number of ketones is 1. The predicted molar refractivity (Wildman–Crippen MR) is 60.4 cm³/mol. The molecule has 2 aliphatic carbocycles. The Morgan fingerprint density at radius 1 is 1.35 bits per heavy atom. The molecule has 0 unspecified atom stereocenters. The van der Waals surface area contributed by atoms with Crippen molar-refractivity contribution in [3.63, 3.8) is 0 Å². The summed E-state index contributed by atoms with van der Waals surface area (Å²) in [5.74, 6) is -0.646. The fraction of sp³-hybridized carbons (Fsp3) is 0.462. The molecule has 3 rings (SSSR count). The third kappa shape index (κ3) is 1.73. The zero-order valence-electron chi connectivity index (χ0n) is 9.40. The van der Waals surface area contributed by atoms with Crippen LogP contribution >= 0.6 is 0 Å². The number of aryl methyl sites for hydroxylation is 1. The molecule has 2 aliphatic rings. The normalized spacial score (nSPS) is 18.9. The Morgan fingerprint density at radius 2 is 2.12 bits per heavy atom. The molecule has 1 N–H and O–H groups in total. The second kappa shape index (κ2) is 3.65. The van der Waals surface area contributed by atoms with Crippen LogP contribution in [0.5, 0.6) is 0 Å². The number of hydrogen-bond acceptors (Lipinski definition) is 3. The minimum absolute atomic E-state index is 0.0311. The molecule has 4 heteroatoms. The fourth-order valence-corrected chi connectivity index (χ4v) is 2.39. The Bertz CT molecular complexity index is 518. The summed E-state index contributed by atoms with van der Waals surface area (Å²) < 4.78 is 0. The monoisotopic (exact) mass is 231 g/mol. The second-order valence-electron chi connectivity index (χ2n) is 4.77. The molecule has 1 heterocycles. The third-order valence-electron chi connectivity index (χ3n) is 3.44. The highest BCUT2D eigenvalue weighted by atomic mass is 16.4. The number of carbonyl (C=O) groups excluding carboxylic acids is 1. The molecule has 1 aromatic heterocycles. The molecule has 0 radical (unpaired) electrons. The van der Waals surface area contributed by atoms with Crippen molar-refractivity contribution in [1.29, 1.82) is 0 Å². The number of Topliss-reactive ketones (excluding diaryl/α,β-unsaturated/α-hetero) is 1. The second-order valence-corrected chi connectivity index (χ2v) is 4.77. The van der Waals surface area contributed by atoms with Crippen molar-refractivity contribution >= 4 is 11.8 Å². The minimum Gasteiger partial charge on any atom is -0.478 e. The van der Waals surface area contributed by atoms with E-state index < -0.39 is 5.97 Å². The first kappa shape index (κ1) is 10.4. The maximum Gasteiger partial charge on any atom is 0.337 e.